The molecule has 0 unspecified atom stereocenters. The summed E-state index contributed by atoms with van der Waals surface area (Å²) in [5.74, 6) is 1.03. The Morgan fingerprint density at radius 3 is 2.59 bits per heavy atom. The van der Waals surface area contributed by atoms with Crippen LogP contribution in [0.3, 0.4) is 0 Å². The highest BCUT2D eigenvalue weighted by Crippen LogP contribution is 2.23. The normalized spacial score (nSPS) is 11.0. The number of nitrogen functional groups attached to an aromatic ring is 1. The van der Waals surface area contributed by atoms with Gasteiger partial charge in [0.25, 0.3) is 0 Å². The summed E-state index contributed by atoms with van der Waals surface area (Å²) >= 11 is 0. The van der Waals surface area contributed by atoms with Crippen molar-refractivity contribution in [2.75, 3.05) is 17.6 Å². The second-order valence-corrected chi connectivity index (χ2v) is 6.91. The molecule has 0 aliphatic heterocycles. The van der Waals surface area contributed by atoms with Crippen molar-refractivity contribution >= 4 is 22.7 Å². The number of nitrogens with one attached hydrogen (secondary N) is 2. The lowest BCUT2D eigenvalue weighted by atomic mass is 10.0. The molecule has 2 heterocycles. The van der Waals surface area contributed by atoms with Gasteiger partial charge in [0.05, 0.1) is 5.69 Å². The molecule has 0 saturated heterocycles. The molecule has 4 N–H and O–H groups in total. The Labute approximate surface area is 158 Å². The maximum absolute atomic E-state index is 5.95. The Bertz CT molecular complexity index is 1080. The quantitative estimate of drug-likeness (QED) is 0.492. The summed E-state index contributed by atoms with van der Waals surface area (Å²) in [6, 6.07) is 16.7. The number of hydrogen-bond donors (Lipinski definition) is 3. The van der Waals surface area contributed by atoms with Gasteiger partial charge in [-0.1, -0.05) is 35.4 Å². The van der Waals surface area contributed by atoms with E-state index in [0.29, 0.717) is 0 Å². The molecule has 0 radical (unpaired) electrons. The average molecular weight is 357 g/mol. The van der Waals surface area contributed by atoms with Gasteiger partial charge < -0.3 is 16.0 Å². The van der Waals surface area contributed by atoms with Gasteiger partial charge in [0.2, 0.25) is 5.95 Å². The van der Waals surface area contributed by atoms with Crippen molar-refractivity contribution < 1.29 is 0 Å². The lowest BCUT2D eigenvalue weighted by molar-refractivity contribution is 1.01. The maximum atomic E-state index is 5.95. The molecule has 2 aromatic heterocycles. The SMILES string of the molecule is Cc1cc(C)cc(-c2cc(NCCc3c[nH]c4ccccc34)nc(N)n2)c1. The summed E-state index contributed by atoms with van der Waals surface area (Å²) in [7, 11) is 0. The topological polar surface area (TPSA) is 79.6 Å². The van der Waals surface area contributed by atoms with E-state index >= 15 is 0 Å². The second-order valence-electron chi connectivity index (χ2n) is 6.91. The van der Waals surface area contributed by atoms with Crippen LogP contribution in [-0.4, -0.2) is 21.5 Å². The predicted octanol–water partition coefficient (Wildman–Crippen LogP) is 4.48. The Balaban J connectivity index is 1.51. The number of aromatic nitrogens is 3. The smallest absolute Gasteiger partial charge is 0.222 e. The third-order valence-corrected chi connectivity index (χ3v) is 4.64. The number of rotatable bonds is 5. The van der Waals surface area contributed by atoms with E-state index in [2.05, 4.69) is 76.7 Å². The van der Waals surface area contributed by atoms with Crippen LogP contribution in [0.5, 0.6) is 0 Å². The molecule has 0 amide bonds. The van der Waals surface area contributed by atoms with Gasteiger partial charge in [0.1, 0.15) is 5.82 Å². The molecular weight excluding hydrogens is 334 g/mol. The summed E-state index contributed by atoms with van der Waals surface area (Å²) < 4.78 is 0. The molecule has 5 heteroatoms. The molecule has 136 valence electrons. The van der Waals surface area contributed by atoms with Crippen LogP contribution in [-0.2, 0) is 6.42 Å². The van der Waals surface area contributed by atoms with Crippen LogP contribution in [0.2, 0.25) is 0 Å². The van der Waals surface area contributed by atoms with E-state index in [1.165, 1.54) is 22.1 Å². The minimum Gasteiger partial charge on any atom is -0.370 e. The van der Waals surface area contributed by atoms with E-state index in [9.17, 15) is 0 Å². The molecule has 0 aliphatic rings. The molecule has 27 heavy (non-hydrogen) atoms. The molecule has 0 fully saturated rings. The number of anilines is 2. The molecule has 2 aromatic carbocycles. The summed E-state index contributed by atoms with van der Waals surface area (Å²) in [5, 5.41) is 4.64. The fourth-order valence-corrected chi connectivity index (χ4v) is 3.49. The first-order valence-electron chi connectivity index (χ1n) is 9.10. The van der Waals surface area contributed by atoms with Gasteiger partial charge in [-0.05, 0) is 44.0 Å². The van der Waals surface area contributed by atoms with E-state index in [-0.39, 0.29) is 5.95 Å². The Morgan fingerprint density at radius 2 is 1.78 bits per heavy atom. The lowest BCUT2D eigenvalue weighted by Crippen LogP contribution is -2.08. The van der Waals surface area contributed by atoms with Crippen LogP contribution >= 0.6 is 0 Å². The van der Waals surface area contributed by atoms with Crippen molar-refractivity contribution in [2.45, 2.75) is 20.3 Å². The monoisotopic (exact) mass is 357 g/mol. The molecule has 0 saturated carbocycles. The highest BCUT2D eigenvalue weighted by atomic mass is 15.1. The van der Waals surface area contributed by atoms with Crippen LogP contribution in [0, 0.1) is 13.8 Å². The highest BCUT2D eigenvalue weighted by molar-refractivity contribution is 5.83. The van der Waals surface area contributed by atoms with Crippen LogP contribution in [0.25, 0.3) is 22.2 Å². The fraction of sp³-hybridized carbons (Fsp3) is 0.182. The number of nitrogens with zero attached hydrogens (tertiary/aromatic N) is 2. The van der Waals surface area contributed by atoms with Gasteiger partial charge in [-0.3, -0.25) is 0 Å². The minimum atomic E-state index is 0.279. The molecular formula is C22H23N5. The standard InChI is InChI=1S/C22H23N5/c1-14-9-15(2)11-17(10-14)20-12-21(27-22(23)26-20)24-8-7-16-13-25-19-6-4-3-5-18(16)19/h3-6,9-13,25H,7-8H2,1-2H3,(H3,23,24,26,27). The molecule has 0 atom stereocenters. The van der Waals surface area contributed by atoms with Crippen molar-refractivity contribution in [2.24, 2.45) is 0 Å². The number of para-hydroxylation sites is 1. The first-order chi connectivity index (χ1) is 13.1. The molecule has 4 rings (SSSR count). The summed E-state index contributed by atoms with van der Waals surface area (Å²) in [5.41, 5.74) is 12.7. The van der Waals surface area contributed by atoms with Gasteiger partial charge >= 0.3 is 0 Å². The maximum Gasteiger partial charge on any atom is 0.222 e. The number of benzene rings is 2. The predicted molar refractivity (Wildman–Crippen MR) is 112 cm³/mol. The van der Waals surface area contributed by atoms with Gasteiger partial charge in [0, 0.05) is 35.3 Å². The van der Waals surface area contributed by atoms with Crippen LogP contribution in [0.1, 0.15) is 16.7 Å². The first-order valence-corrected chi connectivity index (χ1v) is 9.10. The van der Waals surface area contributed by atoms with Gasteiger partial charge in [0.15, 0.2) is 0 Å². The zero-order valence-electron chi connectivity index (χ0n) is 15.6. The molecule has 0 aliphatic carbocycles. The number of hydrogen-bond acceptors (Lipinski definition) is 4. The summed E-state index contributed by atoms with van der Waals surface area (Å²) in [6.45, 7) is 4.94. The fourth-order valence-electron chi connectivity index (χ4n) is 3.49. The van der Waals surface area contributed by atoms with Crippen LogP contribution < -0.4 is 11.1 Å². The second kappa shape index (κ2) is 7.11. The molecule has 4 aromatic rings. The zero-order chi connectivity index (χ0) is 18.8. The minimum absolute atomic E-state index is 0.279. The van der Waals surface area contributed by atoms with Crippen molar-refractivity contribution in [1.82, 2.24) is 15.0 Å². The lowest BCUT2D eigenvalue weighted by Gasteiger charge is -2.10. The number of aryl methyl sites for hydroxylation is 2. The third-order valence-electron chi connectivity index (χ3n) is 4.64. The van der Waals surface area contributed by atoms with Crippen molar-refractivity contribution in [3.63, 3.8) is 0 Å². The Morgan fingerprint density at radius 1 is 1.00 bits per heavy atom. The first kappa shape index (κ1) is 17.1. The largest absolute Gasteiger partial charge is 0.370 e. The molecule has 0 bridgehead atoms. The molecule has 5 nitrogen and oxygen atoms in total. The highest BCUT2D eigenvalue weighted by Gasteiger charge is 2.07. The number of aromatic amines is 1. The van der Waals surface area contributed by atoms with Gasteiger partial charge in [-0.25, -0.2) is 4.98 Å². The van der Waals surface area contributed by atoms with Crippen molar-refractivity contribution in [3.05, 3.63) is 71.4 Å². The average Bonchev–Trinajstić information content (AvgIpc) is 3.04. The van der Waals surface area contributed by atoms with E-state index < -0.39 is 0 Å². The summed E-state index contributed by atoms with van der Waals surface area (Å²) in [6.07, 6.45) is 2.97. The van der Waals surface area contributed by atoms with E-state index in [1.807, 2.05) is 12.1 Å². The van der Waals surface area contributed by atoms with E-state index in [4.69, 9.17) is 5.73 Å². The molecule has 0 spiro atoms. The Hall–Kier alpha value is -3.34. The Kier molecular flexibility index (Phi) is 4.50. The van der Waals surface area contributed by atoms with E-state index in [1.54, 1.807) is 0 Å². The zero-order valence-corrected chi connectivity index (χ0v) is 15.6. The van der Waals surface area contributed by atoms with Gasteiger partial charge in [-0.2, -0.15) is 4.98 Å². The van der Waals surface area contributed by atoms with Crippen molar-refractivity contribution in [1.29, 1.82) is 0 Å². The van der Waals surface area contributed by atoms with Gasteiger partial charge in [-0.15, -0.1) is 0 Å². The summed E-state index contributed by atoms with van der Waals surface area (Å²) in [4.78, 5) is 12.1. The van der Waals surface area contributed by atoms with E-state index in [0.717, 1.165) is 35.6 Å². The number of H-pyrrole nitrogens is 1. The van der Waals surface area contributed by atoms with Crippen LogP contribution in [0.15, 0.2) is 54.7 Å². The number of nitrogens with two attached hydrogens (primary N) is 1. The van der Waals surface area contributed by atoms with Crippen molar-refractivity contribution in [3.8, 4) is 11.3 Å². The third kappa shape index (κ3) is 3.77. The van der Waals surface area contributed by atoms with Crippen LogP contribution in [0.4, 0.5) is 11.8 Å². The number of fused-ring (bicyclic) bond motifs is 1.